The highest BCUT2D eigenvalue weighted by Gasteiger charge is 2.67. The van der Waals surface area contributed by atoms with E-state index in [0.29, 0.717) is 13.2 Å². The Balaban J connectivity index is 1.52. The number of rotatable bonds is 1. The Bertz CT molecular complexity index is 629. The normalized spacial score (nSPS) is 39.0. The molecular formula is C17H16O4. The number of carbonyl (C=O) groups excluding carboxylic acids is 1. The van der Waals surface area contributed by atoms with Crippen molar-refractivity contribution in [1.82, 2.24) is 0 Å². The maximum absolute atomic E-state index is 12.9. The summed E-state index contributed by atoms with van der Waals surface area (Å²) in [6, 6.07) is 9.88. The summed E-state index contributed by atoms with van der Waals surface area (Å²) in [6.45, 7) is 1.19. The first kappa shape index (κ1) is 12.1. The van der Waals surface area contributed by atoms with Crippen LogP contribution in [-0.2, 0) is 19.0 Å². The second-order valence-electron chi connectivity index (χ2n) is 6.22. The number of hydrogen-bond donors (Lipinski definition) is 0. The Morgan fingerprint density at radius 2 is 1.86 bits per heavy atom. The number of Topliss-reactive ketones (excluding diaryl/α,β-unsaturated/α-hetero) is 1. The van der Waals surface area contributed by atoms with Crippen molar-refractivity contribution in [3.05, 3.63) is 42.0 Å². The largest absolute Gasteiger partial charge is 0.368 e. The van der Waals surface area contributed by atoms with Gasteiger partial charge >= 0.3 is 0 Å². The summed E-state index contributed by atoms with van der Waals surface area (Å²) in [5.41, 5.74) is 1.83. The molecule has 1 aliphatic carbocycles. The van der Waals surface area contributed by atoms with E-state index in [0.717, 1.165) is 17.6 Å². The molecule has 3 saturated heterocycles. The van der Waals surface area contributed by atoms with E-state index >= 15 is 0 Å². The van der Waals surface area contributed by atoms with Gasteiger partial charge < -0.3 is 14.2 Å². The van der Waals surface area contributed by atoms with Crippen molar-refractivity contribution >= 4 is 11.4 Å². The standard InChI is InChI=1S/C17H16O4/c18-15-11(10-4-2-1-3-5-10)8-12-13-9-17(19-6-7-20-17)16(21-13)14(12)15/h1-5,8,12-14,16H,6-7,9H2/t12-,13-,14+,16-/m0/s1. The van der Waals surface area contributed by atoms with Crippen LogP contribution in [0.15, 0.2) is 36.4 Å². The van der Waals surface area contributed by atoms with Crippen LogP contribution in [0.1, 0.15) is 12.0 Å². The van der Waals surface area contributed by atoms with E-state index in [9.17, 15) is 4.79 Å². The lowest BCUT2D eigenvalue weighted by molar-refractivity contribution is -0.199. The lowest BCUT2D eigenvalue weighted by Crippen LogP contribution is -2.49. The fourth-order valence-electron chi connectivity index (χ4n) is 4.34. The molecule has 0 amide bonds. The summed E-state index contributed by atoms with van der Waals surface area (Å²) in [5, 5.41) is 0. The third-order valence-corrected chi connectivity index (χ3v) is 5.20. The van der Waals surface area contributed by atoms with Gasteiger partial charge in [0.15, 0.2) is 11.6 Å². The first-order chi connectivity index (χ1) is 10.3. The molecule has 3 heterocycles. The van der Waals surface area contributed by atoms with E-state index in [1.54, 1.807) is 0 Å². The van der Waals surface area contributed by atoms with Crippen LogP contribution < -0.4 is 0 Å². The molecule has 21 heavy (non-hydrogen) atoms. The van der Waals surface area contributed by atoms with Crippen molar-refractivity contribution in [3.8, 4) is 0 Å². The average molecular weight is 284 g/mol. The fraction of sp³-hybridized carbons (Fsp3) is 0.471. The molecule has 0 saturated carbocycles. The maximum Gasteiger partial charge on any atom is 0.198 e. The van der Waals surface area contributed by atoms with Crippen molar-refractivity contribution in [1.29, 1.82) is 0 Å². The van der Waals surface area contributed by atoms with Gasteiger partial charge in [-0.25, -0.2) is 0 Å². The molecule has 0 aromatic heterocycles. The zero-order chi connectivity index (χ0) is 14.0. The highest BCUT2D eigenvalue weighted by Crippen LogP contribution is 2.56. The summed E-state index contributed by atoms with van der Waals surface area (Å²) in [6.07, 6.45) is 2.64. The van der Waals surface area contributed by atoms with Crippen LogP contribution in [0.5, 0.6) is 0 Å². The zero-order valence-corrected chi connectivity index (χ0v) is 11.5. The lowest BCUT2D eigenvalue weighted by Gasteiger charge is -2.34. The van der Waals surface area contributed by atoms with Crippen LogP contribution in [0.4, 0.5) is 0 Å². The number of ketones is 1. The summed E-state index contributed by atoms with van der Waals surface area (Å²) < 4.78 is 17.6. The van der Waals surface area contributed by atoms with E-state index in [2.05, 4.69) is 6.08 Å². The quantitative estimate of drug-likeness (QED) is 0.789. The van der Waals surface area contributed by atoms with Gasteiger partial charge in [-0.1, -0.05) is 36.4 Å². The summed E-state index contributed by atoms with van der Waals surface area (Å²) in [7, 11) is 0. The van der Waals surface area contributed by atoms with Gasteiger partial charge in [0.1, 0.15) is 6.10 Å². The van der Waals surface area contributed by atoms with E-state index < -0.39 is 5.79 Å². The van der Waals surface area contributed by atoms with Crippen LogP contribution in [0.2, 0.25) is 0 Å². The molecule has 1 spiro atoms. The lowest BCUT2D eigenvalue weighted by atomic mass is 9.77. The Hall–Kier alpha value is -1.49. The SMILES string of the molecule is O=C1C(c2ccccc2)=C[C@@H]2[C@H]1[C@@H]1O[C@H]2CC12OCCO2. The minimum Gasteiger partial charge on any atom is -0.368 e. The number of carbonyl (C=O) groups is 1. The molecule has 1 aromatic carbocycles. The fourth-order valence-corrected chi connectivity index (χ4v) is 4.34. The molecule has 4 atom stereocenters. The molecule has 108 valence electrons. The number of fused-ring (bicyclic) bond motifs is 6. The molecule has 3 aliphatic heterocycles. The van der Waals surface area contributed by atoms with Crippen LogP contribution in [-0.4, -0.2) is 37.0 Å². The van der Waals surface area contributed by atoms with Crippen molar-refractivity contribution in [2.45, 2.75) is 24.4 Å². The second-order valence-corrected chi connectivity index (χ2v) is 6.22. The Morgan fingerprint density at radius 1 is 1.10 bits per heavy atom. The Morgan fingerprint density at radius 3 is 2.62 bits per heavy atom. The van der Waals surface area contributed by atoms with Crippen molar-refractivity contribution in [2.24, 2.45) is 11.8 Å². The van der Waals surface area contributed by atoms with Crippen LogP contribution >= 0.6 is 0 Å². The van der Waals surface area contributed by atoms with Gasteiger partial charge in [-0.15, -0.1) is 0 Å². The molecule has 1 aromatic rings. The van der Waals surface area contributed by atoms with E-state index in [1.165, 1.54) is 0 Å². The van der Waals surface area contributed by atoms with Gasteiger partial charge in [0, 0.05) is 17.9 Å². The molecule has 0 N–H and O–H groups in total. The smallest absolute Gasteiger partial charge is 0.198 e. The van der Waals surface area contributed by atoms with Gasteiger partial charge in [-0.3, -0.25) is 4.79 Å². The molecule has 2 bridgehead atoms. The number of hydrogen-bond acceptors (Lipinski definition) is 4. The van der Waals surface area contributed by atoms with Crippen LogP contribution in [0.3, 0.4) is 0 Å². The number of ether oxygens (including phenoxy) is 3. The third-order valence-electron chi connectivity index (χ3n) is 5.20. The van der Waals surface area contributed by atoms with Crippen molar-refractivity contribution in [3.63, 3.8) is 0 Å². The van der Waals surface area contributed by atoms with Crippen LogP contribution in [0.25, 0.3) is 5.57 Å². The summed E-state index contributed by atoms with van der Waals surface area (Å²) in [4.78, 5) is 12.9. The molecule has 0 radical (unpaired) electrons. The Kier molecular flexibility index (Phi) is 2.32. The van der Waals surface area contributed by atoms with Gasteiger partial charge in [-0.05, 0) is 5.56 Å². The van der Waals surface area contributed by atoms with Crippen LogP contribution in [0, 0.1) is 11.8 Å². The third kappa shape index (κ3) is 1.47. The molecule has 4 heteroatoms. The van der Waals surface area contributed by atoms with E-state index in [1.807, 2.05) is 30.3 Å². The maximum atomic E-state index is 12.9. The topological polar surface area (TPSA) is 44.8 Å². The predicted octanol–water partition coefficient (Wildman–Crippen LogP) is 1.80. The van der Waals surface area contributed by atoms with Gasteiger partial charge in [-0.2, -0.15) is 0 Å². The van der Waals surface area contributed by atoms with E-state index in [-0.39, 0.29) is 29.8 Å². The monoisotopic (exact) mass is 284 g/mol. The minimum absolute atomic E-state index is 0.0447. The Labute approximate surface area is 122 Å². The highest BCUT2D eigenvalue weighted by atomic mass is 16.8. The molecular weight excluding hydrogens is 268 g/mol. The number of benzene rings is 1. The van der Waals surface area contributed by atoms with Gasteiger partial charge in [0.05, 0.1) is 25.2 Å². The number of allylic oxidation sites excluding steroid dienone is 1. The zero-order valence-electron chi connectivity index (χ0n) is 11.5. The molecule has 4 nitrogen and oxygen atoms in total. The molecule has 3 fully saturated rings. The molecule has 5 rings (SSSR count). The first-order valence-corrected chi connectivity index (χ1v) is 7.53. The summed E-state index contributed by atoms with van der Waals surface area (Å²) in [5.74, 6) is -0.452. The summed E-state index contributed by atoms with van der Waals surface area (Å²) >= 11 is 0. The highest BCUT2D eigenvalue weighted by molar-refractivity contribution is 6.24. The molecule has 0 unspecified atom stereocenters. The van der Waals surface area contributed by atoms with Gasteiger partial charge in [0.2, 0.25) is 0 Å². The second kappa shape index (κ2) is 4.03. The predicted molar refractivity (Wildman–Crippen MR) is 74.3 cm³/mol. The van der Waals surface area contributed by atoms with E-state index in [4.69, 9.17) is 14.2 Å². The first-order valence-electron chi connectivity index (χ1n) is 7.53. The van der Waals surface area contributed by atoms with Gasteiger partial charge in [0.25, 0.3) is 0 Å². The molecule has 4 aliphatic rings. The van der Waals surface area contributed by atoms with Crippen molar-refractivity contribution < 1.29 is 19.0 Å². The average Bonchev–Trinajstić information content (AvgIpc) is 3.25. The minimum atomic E-state index is -0.665. The van der Waals surface area contributed by atoms with Crippen molar-refractivity contribution in [2.75, 3.05) is 13.2 Å².